The number of rotatable bonds is 6. The van der Waals surface area contributed by atoms with E-state index in [1.807, 2.05) is 29.9 Å². The van der Waals surface area contributed by atoms with Gasteiger partial charge in [0.05, 0.1) is 10.6 Å². The Hall–Kier alpha value is -1.34. The summed E-state index contributed by atoms with van der Waals surface area (Å²) in [5.74, 6) is 2.13. The predicted molar refractivity (Wildman–Crippen MR) is 99.5 cm³/mol. The maximum atomic E-state index is 11.6. The molecule has 0 aromatic carbocycles. The molecule has 7 heteroatoms. The molecule has 0 radical (unpaired) electrons. The summed E-state index contributed by atoms with van der Waals surface area (Å²) >= 11 is 3.28. The zero-order valence-electron chi connectivity index (χ0n) is 14.5. The van der Waals surface area contributed by atoms with Gasteiger partial charge in [-0.2, -0.15) is 0 Å². The van der Waals surface area contributed by atoms with Crippen LogP contribution in [0.3, 0.4) is 0 Å². The molecule has 3 rings (SSSR count). The van der Waals surface area contributed by atoms with E-state index in [2.05, 4.69) is 28.5 Å². The first-order chi connectivity index (χ1) is 11.6. The first-order valence-electron chi connectivity index (χ1n) is 8.53. The van der Waals surface area contributed by atoms with Gasteiger partial charge < -0.3 is 9.88 Å². The van der Waals surface area contributed by atoms with Crippen molar-refractivity contribution in [1.82, 2.24) is 20.1 Å². The Kier molecular flexibility index (Phi) is 5.61. The van der Waals surface area contributed by atoms with Crippen LogP contribution >= 0.6 is 23.1 Å². The summed E-state index contributed by atoms with van der Waals surface area (Å²) in [6, 6.07) is 2.30. The van der Waals surface area contributed by atoms with Gasteiger partial charge in [-0.15, -0.1) is 21.5 Å². The minimum Gasteiger partial charge on any atom is -0.356 e. The highest BCUT2D eigenvalue weighted by Gasteiger charge is 2.22. The average molecular weight is 365 g/mol. The molecule has 0 saturated carbocycles. The zero-order valence-corrected chi connectivity index (χ0v) is 16.1. The lowest BCUT2D eigenvalue weighted by Gasteiger charge is -2.19. The lowest BCUT2D eigenvalue weighted by molar-refractivity contribution is -0.118. The van der Waals surface area contributed by atoms with Crippen molar-refractivity contribution < 1.29 is 4.79 Å². The van der Waals surface area contributed by atoms with Gasteiger partial charge in [0.25, 0.3) is 0 Å². The molecule has 0 saturated heterocycles. The summed E-state index contributed by atoms with van der Waals surface area (Å²) in [7, 11) is 1.98. The minimum absolute atomic E-state index is 0.0317. The number of nitrogens with zero attached hydrogens (tertiary/aromatic N) is 3. The number of carbonyl (C=O) groups excluding carboxylic acids is 1. The van der Waals surface area contributed by atoms with Crippen LogP contribution in [-0.2, 0) is 24.7 Å². The lowest BCUT2D eigenvalue weighted by atomic mass is 9.87. The second kappa shape index (κ2) is 7.70. The molecular weight excluding hydrogens is 340 g/mol. The van der Waals surface area contributed by atoms with Gasteiger partial charge in [0.15, 0.2) is 11.0 Å². The predicted octanol–water partition coefficient (Wildman–Crippen LogP) is 3.29. The van der Waals surface area contributed by atoms with Crippen molar-refractivity contribution in [2.75, 3.05) is 12.3 Å². The smallest absolute Gasteiger partial charge is 0.230 e. The topological polar surface area (TPSA) is 59.8 Å². The number of thiophene rings is 1. The van der Waals surface area contributed by atoms with Crippen LogP contribution in [-0.4, -0.2) is 33.0 Å². The quantitative estimate of drug-likeness (QED) is 0.799. The molecule has 2 heterocycles. The summed E-state index contributed by atoms with van der Waals surface area (Å²) < 4.78 is 2.00. The van der Waals surface area contributed by atoms with Crippen molar-refractivity contribution in [3.8, 4) is 10.7 Å². The molecule has 0 aliphatic heterocycles. The van der Waals surface area contributed by atoms with Gasteiger partial charge in [-0.25, -0.2) is 0 Å². The van der Waals surface area contributed by atoms with E-state index in [1.165, 1.54) is 52.8 Å². The van der Waals surface area contributed by atoms with E-state index >= 15 is 0 Å². The van der Waals surface area contributed by atoms with Crippen LogP contribution in [0.4, 0.5) is 0 Å². The third kappa shape index (κ3) is 3.67. The summed E-state index contributed by atoms with van der Waals surface area (Å²) in [5.41, 5.74) is 1.49. The molecule has 1 aliphatic carbocycles. The highest BCUT2D eigenvalue weighted by atomic mass is 32.2. The van der Waals surface area contributed by atoms with Crippen molar-refractivity contribution in [1.29, 1.82) is 0 Å². The Morgan fingerprint density at radius 3 is 3.04 bits per heavy atom. The second-order valence-corrected chi connectivity index (χ2v) is 8.26. The molecule has 130 valence electrons. The summed E-state index contributed by atoms with van der Waals surface area (Å²) in [6.45, 7) is 4.86. The Morgan fingerprint density at radius 1 is 1.46 bits per heavy atom. The second-order valence-electron chi connectivity index (χ2n) is 6.18. The molecule has 0 spiro atoms. The van der Waals surface area contributed by atoms with E-state index in [9.17, 15) is 4.79 Å². The average Bonchev–Trinajstić information content (AvgIpc) is 3.15. The fourth-order valence-electron chi connectivity index (χ4n) is 3.09. The lowest BCUT2D eigenvalue weighted by Crippen LogP contribution is -2.24. The number of hydrogen-bond acceptors (Lipinski definition) is 5. The molecule has 5 nitrogen and oxygen atoms in total. The maximum Gasteiger partial charge on any atom is 0.230 e. The number of thioether (sulfide) groups is 1. The van der Waals surface area contributed by atoms with E-state index in [-0.39, 0.29) is 5.91 Å². The van der Waals surface area contributed by atoms with Gasteiger partial charge in [-0.05, 0) is 43.7 Å². The van der Waals surface area contributed by atoms with Crippen LogP contribution in [0.25, 0.3) is 10.7 Å². The van der Waals surface area contributed by atoms with Crippen molar-refractivity contribution >= 4 is 29.0 Å². The van der Waals surface area contributed by atoms with Gasteiger partial charge in [-0.3, -0.25) is 4.79 Å². The molecule has 2 aromatic rings. The molecule has 0 bridgehead atoms. The molecule has 24 heavy (non-hydrogen) atoms. The monoisotopic (exact) mass is 364 g/mol. The number of fused-ring (bicyclic) bond motifs is 1. The van der Waals surface area contributed by atoms with Gasteiger partial charge in [0, 0.05) is 18.5 Å². The molecular formula is C17H24N4OS2. The van der Waals surface area contributed by atoms with Crippen LogP contribution in [0.5, 0.6) is 0 Å². The number of aryl methyl sites for hydroxylation is 1. The summed E-state index contributed by atoms with van der Waals surface area (Å²) in [6.07, 6.45) is 4.94. The van der Waals surface area contributed by atoms with Crippen LogP contribution in [0.15, 0.2) is 11.2 Å². The normalized spacial score (nSPS) is 16.9. The Morgan fingerprint density at radius 2 is 2.29 bits per heavy atom. The van der Waals surface area contributed by atoms with Crippen LogP contribution in [0, 0.1) is 5.92 Å². The van der Waals surface area contributed by atoms with Crippen molar-refractivity contribution in [3.05, 3.63) is 16.5 Å². The van der Waals surface area contributed by atoms with E-state index in [0.29, 0.717) is 12.3 Å². The van der Waals surface area contributed by atoms with E-state index in [4.69, 9.17) is 0 Å². The standard InChI is InChI=1S/C17H24N4OS2/c1-4-11-6-7-13-12(8-11)9-14(24-13)16-19-20-17(21(16)3)23-10-15(22)18-5-2/h9,11H,4-8,10H2,1-3H3,(H,18,22)/t11-/m1/s1. The molecule has 1 amide bonds. The van der Waals surface area contributed by atoms with Crippen molar-refractivity contribution in [2.24, 2.45) is 13.0 Å². The third-order valence-corrected chi connectivity index (χ3v) is 6.78. The van der Waals surface area contributed by atoms with E-state index in [1.54, 1.807) is 0 Å². The van der Waals surface area contributed by atoms with Crippen LogP contribution in [0.1, 0.15) is 37.1 Å². The highest BCUT2D eigenvalue weighted by Crippen LogP contribution is 2.37. The van der Waals surface area contributed by atoms with Gasteiger partial charge in [-0.1, -0.05) is 25.1 Å². The minimum atomic E-state index is 0.0317. The van der Waals surface area contributed by atoms with Gasteiger partial charge in [0.2, 0.25) is 5.91 Å². The molecule has 1 atom stereocenters. The molecule has 0 unspecified atom stereocenters. The molecule has 0 fully saturated rings. The number of hydrogen-bond donors (Lipinski definition) is 1. The Balaban J connectivity index is 1.74. The molecule has 2 aromatic heterocycles. The Labute approximate surface area is 151 Å². The third-order valence-electron chi connectivity index (χ3n) is 4.52. The number of aromatic nitrogens is 3. The Bertz CT molecular complexity index is 722. The zero-order chi connectivity index (χ0) is 17.1. The van der Waals surface area contributed by atoms with E-state index in [0.717, 1.165) is 16.9 Å². The van der Waals surface area contributed by atoms with Crippen LogP contribution in [0.2, 0.25) is 0 Å². The number of amides is 1. The fourth-order valence-corrected chi connectivity index (χ4v) is 5.06. The fraction of sp³-hybridized carbons (Fsp3) is 0.588. The molecule has 1 N–H and O–H groups in total. The van der Waals surface area contributed by atoms with Crippen LogP contribution < -0.4 is 5.32 Å². The maximum absolute atomic E-state index is 11.6. The highest BCUT2D eigenvalue weighted by molar-refractivity contribution is 7.99. The van der Waals surface area contributed by atoms with Gasteiger partial charge >= 0.3 is 0 Å². The van der Waals surface area contributed by atoms with Crippen molar-refractivity contribution in [2.45, 2.75) is 44.7 Å². The number of carbonyl (C=O) groups is 1. The first kappa shape index (κ1) is 17.5. The summed E-state index contributed by atoms with van der Waals surface area (Å²) in [4.78, 5) is 14.3. The first-order valence-corrected chi connectivity index (χ1v) is 10.3. The number of nitrogens with one attached hydrogen (secondary N) is 1. The van der Waals surface area contributed by atoms with Gasteiger partial charge in [0.1, 0.15) is 0 Å². The summed E-state index contributed by atoms with van der Waals surface area (Å²) in [5, 5.41) is 12.2. The van der Waals surface area contributed by atoms with Crippen molar-refractivity contribution in [3.63, 3.8) is 0 Å². The largest absolute Gasteiger partial charge is 0.356 e. The van der Waals surface area contributed by atoms with E-state index < -0.39 is 0 Å². The SMILES string of the molecule is CCNC(=O)CSc1nnc(-c2cc3c(s2)CC[C@@H](CC)C3)n1C. The molecule has 1 aliphatic rings.